The Morgan fingerprint density at radius 3 is 2.73 bits per heavy atom. The van der Waals surface area contributed by atoms with Crippen molar-refractivity contribution in [2.45, 2.75) is 25.9 Å². The second-order valence-corrected chi connectivity index (χ2v) is 5.14. The van der Waals surface area contributed by atoms with Gasteiger partial charge in [-0.2, -0.15) is 0 Å². The van der Waals surface area contributed by atoms with E-state index < -0.39 is 5.41 Å². The summed E-state index contributed by atoms with van der Waals surface area (Å²) < 4.78 is 0.864. The number of aliphatic hydroxyl groups excluding tert-OH is 1. The number of amides is 1. The number of halogens is 1. The lowest BCUT2D eigenvalue weighted by atomic mass is 9.83. The van der Waals surface area contributed by atoms with Crippen molar-refractivity contribution in [1.29, 1.82) is 0 Å². The summed E-state index contributed by atoms with van der Waals surface area (Å²) >= 11 is 3.35. The van der Waals surface area contributed by atoms with Gasteiger partial charge in [-0.3, -0.25) is 4.79 Å². The molecule has 0 saturated carbocycles. The van der Waals surface area contributed by atoms with Crippen molar-refractivity contribution >= 4 is 27.5 Å². The molecule has 4 heteroatoms. The zero-order chi connectivity index (χ0) is 11.2. The van der Waals surface area contributed by atoms with Crippen LogP contribution in [-0.4, -0.2) is 11.0 Å². The first-order valence-corrected chi connectivity index (χ1v) is 5.51. The van der Waals surface area contributed by atoms with Crippen LogP contribution in [0.15, 0.2) is 16.6 Å². The minimum atomic E-state index is -0.561. The van der Waals surface area contributed by atoms with Crippen molar-refractivity contribution in [3.05, 3.63) is 27.7 Å². The molecular formula is C11H12BrNO2. The van der Waals surface area contributed by atoms with E-state index in [0.29, 0.717) is 0 Å². The van der Waals surface area contributed by atoms with Gasteiger partial charge in [0.25, 0.3) is 0 Å². The number of nitrogens with one attached hydrogen (secondary N) is 1. The number of carbonyl (C=O) groups excluding carboxylic acids is 1. The second-order valence-electron chi connectivity index (χ2n) is 4.22. The Kier molecular flexibility index (Phi) is 2.35. The van der Waals surface area contributed by atoms with E-state index in [4.69, 9.17) is 0 Å². The first kappa shape index (κ1) is 10.6. The van der Waals surface area contributed by atoms with Gasteiger partial charge in [0.05, 0.1) is 12.0 Å². The van der Waals surface area contributed by atoms with E-state index in [1.165, 1.54) is 0 Å². The fourth-order valence-corrected chi connectivity index (χ4v) is 2.52. The van der Waals surface area contributed by atoms with Crippen LogP contribution in [0.3, 0.4) is 0 Å². The number of hydrogen-bond donors (Lipinski definition) is 2. The Labute approximate surface area is 96.6 Å². The summed E-state index contributed by atoms with van der Waals surface area (Å²) in [6.07, 6.45) is 0. The number of fused-ring (bicyclic) bond motifs is 1. The Hall–Kier alpha value is -0.870. The van der Waals surface area contributed by atoms with Gasteiger partial charge in [-0.25, -0.2) is 0 Å². The zero-order valence-electron chi connectivity index (χ0n) is 8.60. The Morgan fingerprint density at radius 1 is 1.47 bits per heavy atom. The summed E-state index contributed by atoms with van der Waals surface area (Å²) in [4.78, 5) is 11.7. The third kappa shape index (κ3) is 1.48. The van der Waals surface area contributed by atoms with E-state index in [9.17, 15) is 9.90 Å². The maximum atomic E-state index is 11.7. The average molecular weight is 270 g/mol. The highest BCUT2D eigenvalue weighted by Gasteiger charge is 2.40. The predicted molar refractivity (Wildman–Crippen MR) is 61.7 cm³/mol. The monoisotopic (exact) mass is 269 g/mol. The van der Waals surface area contributed by atoms with Crippen molar-refractivity contribution in [1.82, 2.24) is 0 Å². The lowest BCUT2D eigenvalue weighted by Gasteiger charge is -2.18. The number of aliphatic hydroxyl groups is 1. The van der Waals surface area contributed by atoms with Gasteiger partial charge in [0.2, 0.25) is 5.91 Å². The maximum Gasteiger partial charge on any atom is 0.234 e. The van der Waals surface area contributed by atoms with Crippen LogP contribution in [0.1, 0.15) is 25.0 Å². The first-order valence-electron chi connectivity index (χ1n) is 4.72. The van der Waals surface area contributed by atoms with Gasteiger partial charge in [-0.05, 0) is 37.1 Å². The van der Waals surface area contributed by atoms with Gasteiger partial charge in [0.1, 0.15) is 0 Å². The molecule has 1 aromatic rings. The summed E-state index contributed by atoms with van der Waals surface area (Å²) in [5, 5.41) is 12.1. The fourth-order valence-electron chi connectivity index (χ4n) is 2.02. The molecule has 0 unspecified atom stereocenters. The van der Waals surface area contributed by atoms with E-state index >= 15 is 0 Å². The van der Waals surface area contributed by atoms with E-state index in [1.54, 1.807) is 0 Å². The zero-order valence-corrected chi connectivity index (χ0v) is 10.2. The lowest BCUT2D eigenvalue weighted by Crippen LogP contribution is -2.27. The third-order valence-corrected chi connectivity index (χ3v) is 3.25. The van der Waals surface area contributed by atoms with Crippen molar-refractivity contribution < 1.29 is 9.90 Å². The van der Waals surface area contributed by atoms with E-state index in [0.717, 1.165) is 21.3 Å². The third-order valence-electron chi connectivity index (χ3n) is 2.80. The number of benzene rings is 1. The molecule has 1 amide bonds. The van der Waals surface area contributed by atoms with Crippen LogP contribution in [0, 0.1) is 0 Å². The highest BCUT2D eigenvalue weighted by molar-refractivity contribution is 9.10. The Morgan fingerprint density at radius 2 is 2.13 bits per heavy atom. The summed E-state index contributed by atoms with van der Waals surface area (Å²) in [6, 6.07) is 3.71. The smallest absolute Gasteiger partial charge is 0.234 e. The molecule has 80 valence electrons. The molecule has 2 N–H and O–H groups in total. The van der Waals surface area contributed by atoms with E-state index in [2.05, 4.69) is 21.2 Å². The summed E-state index contributed by atoms with van der Waals surface area (Å²) in [5.74, 6) is -0.0229. The average Bonchev–Trinajstić information content (AvgIpc) is 2.36. The van der Waals surface area contributed by atoms with Crippen LogP contribution >= 0.6 is 15.9 Å². The van der Waals surface area contributed by atoms with Gasteiger partial charge in [-0.15, -0.1) is 0 Å². The highest BCUT2D eigenvalue weighted by Crippen LogP contribution is 2.41. The van der Waals surface area contributed by atoms with Crippen molar-refractivity contribution in [2.75, 3.05) is 5.32 Å². The van der Waals surface area contributed by atoms with Crippen LogP contribution in [0.5, 0.6) is 0 Å². The summed E-state index contributed by atoms with van der Waals surface area (Å²) in [6.45, 7) is 3.67. The molecule has 1 aromatic carbocycles. The van der Waals surface area contributed by atoms with Crippen molar-refractivity contribution in [3.8, 4) is 0 Å². The van der Waals surface area contributed by atoms with Gasteiger partial charge >= 0.3 is 0 Å². The minimum absolute atomic E-state index is 0.0229. The van der Waals surface area contributed by atoms with E-state index in [1.807, 2.05) is 26.0 Å². The Bertz CT molecular complexity index is 440. The largest absolute Gasteiger partial charge is 0.392 e. The normalized spacial score (nSPS) is 17.5. The van der Waals surface area contributed by atoms with Gasteiger partial charge in [0, 0.05) is 10.2 Å². The van der Waals surface area contributed by atoms with Crippen LogP contribution in [0.4, 0.5) is 5.69 Å². The molecule has 0 fully saturated rings. The van der Waals surface area contributed by atoms with Crippen molar-refractivity contribution in [3.63, 3.8) is 0 Å². The molecule has 0 atom stereocenters. The van der Waals surface area contributed by atoms with Gasteiger partial charge in [-0.1, -0.05) is 15.9 Å². The summed E-state index contributed by atoms with van der Waals surface area (Å²) in [7, 11) is 0. The van der Waals surface area contributed by atoms with E-state index in [-0.39, 0.29) is 12.5 Å². The quantitative estimate of drug-likeness (QED) is 0.821. The summed E-state index contributed by atoms with van der Waals surface area (Å²) in [5.41, 5.74) is 1.93. The molecule has 1 heterocycles. The highest BCUT2D eigenvalue weighted by atomic mass is 79.9. The van der Waals surface area contributed by atoms with Gasteiger partial charge < -0.3 is 10.4 Å². The van der Waals surface area contributed by atoms with Crippen LogP contribution < -0.4 is 5.32 Å². The standard InChI is InChI=1S/C11H12BrNO2/c1-11(2)9-6(5-14)3-7(12)4-8(9)13-10(11)15/h3-4,14H,5H2,1-2H3,(H,13,15). The second kappa shape index (κ2) is 3.32. The molecule has 1 aliphatic rings. The lowest BCUT2D eigenvalue weighted by molar-refractivity contribution is -0.119. The molecule has 0 bridgehead atoms. The first-order chi connectivity index (χ1) is 6.96. The molecule has 1 aliphatic heterocycles. The van der Waals surface area contributed by atoms with Crippen LogP contribution in [0.2, 0.25) is 0 Å². The molecule has 3 nitrogen and oxygen atoms in total. The van der Waals surface area contributed by atoms with Crippen LogP contribution in [-0.2, 0) is 16.8 Å². The van der Waals surface area contributed by atoms with Crippen molar-refractivity contribution in [2.24, 2.45) is 0 Å². The molecule has 0 aromatic heterocycles. The molecule has 0 radical (unpaired) electrons. The SMILES string of the molecule is CC1(C)C(=O)Nc2cc(Br)cc(CO)c21. The predicted octanol–water partition coefficient (Wildman–Crippen LogP) is 2.17. The number of anilines is 1. The molecule has 15 heavy (non-hydrogen) atoms. The maximum absolute atomic E-state index is 11.7. The number of hydrogen-bond acceptors (Lipinski definition) is 2. The molecular weight excluding hydrogens is 258 g/mol. The molecule has 0 saturated heterocycles. The topological polar surface area (TPSA) is 49.3 Å². The fraction of sp³-hybridized carbons (Fsp3) is 0.364. The van der Waals surface area contributed by atoms with Gasteiger partial charge in [0.15, 0.2) is 0 Å². The Balaban J connectivity index is 2.70. The number of rotatable bonds is 1. The number of carbonyl (C=O) groups is 1. The van der Waals surface area contributed by atoms with Crippen LogP contribution in [0.25, 0.3) is 0 Å². The molecule has 2 rings (SSSR count). The minimum Gasteiger partial charge on any atom is -0.392 e. The molecule has 0 aliphatic carbocycles. The molecule has 0 spiro atoms.